The van der Waals surface area contributed by atoms with Crippen molar-refractivity contribution in [2.24, 2.45) is 5.73 Å². The fraction of sp³-hybridized carbons (Fsp3) is 0.917. The summed E-state index contributed by atoms with van der Waals surface area (Å²) in [7, 11) is 0. The summed E-state index contributed by atoms with van der Waals surface area (Å²) in [5.74, 6) is 0.103. The second kappa shape index (κ2) is 6.21. The first-order valence-corrected chi connectivity index (χ1v) is 6.19. The number of carbonyl (C=O) groups is 1. The Hall–Kier alpha value is -0.610. The van der Waals surface area contributed by atoms with Gasteiger partial charge in [0.2, 0.25) is 5.91 Å². The molecule has 2 N–H and O–H groups in total. The van der Waals surface area contributed by atoms with Crippen LogP contribution >= 0.6 is 0 Å². The number of hydrogen-bond acceptors (Lipinski definition) is 3. The van der Waals surface area contributed by atoms with Gasteiger partial charge in [0.05, 0.1) is 6.61 Å². The molecule has 1 unspecified atom stereocenters. The third kappa shape index (κ3) is 4.49. The summed E-state index contributed by atoms with van der Waals surface area (Å²) < 4.78 is 5.39. The normalized spacial score (nSPS) is 20.6. The zero-order valence-corrected chi connectivity index (χ0v) is 10.5. The van der Waals surface area contributed by atoms with Crippen molar-refractivity contribution in [2.45, 2.75) is 45.1 Å². The Kier molecular flexibility index (Phi) is 5.22. The number of rotatable bonds is 5. The minimum Gasteiger partial charge on any atom is -0.370 e. The highest BCUT2D eigenvalue weighted by Gasteiger charge is 2.19. The molecule has 0 aliphatic carbocycles. The molecule has 94 valence electrons. The van der Waals surface area contributed by atoms with E-state index in [0.717, 1.165) is 32.4 Å². The predicted octanol–water partition coefficient (Wildman–Crippen LogP) is 1.14. The molecule has 0 bridgehead atoms. The van der Waals surface area contributed by atoms with Crippen molar-refractivity contribution >= 4 is 5.91 Å². The summed E-state index contributed by atoms with van der Waals surface area (Å²) in [6, 6.07) is 0. The van der Waals surface area contributed by atoms with Crippen LogP contribution in [0.5, 0.6) is 0 Å². The number of hydrogen-bond donors (Lipinski definition) is 1. The molecule has 16 heavy (non-hydrogen) atoms. The third-order valence-corrected chi connectivity index (χ3v) is 3.17. The van der Waals surface area contributed by atoms with Crippen LogP contribution in [0.15, 0.2) is 0 Å². The van der Waals surface area contributed by atoms with E-state index >= 15 is 0 Å². The highest BCUT2D eigenvalue weighted by atomic mass is 16.5. The van der Waals surface area contributed by atoms with E-state index < -0.39 is 0 Å². The van der Waals surface area contributed by atoms with Crippen molar-refractivity contribution in [3.63, 3.8) is 0 Å². The lowest BCUT2D eigenvalue weighted by atomic mass is 10.0. The number of ether oxygens (including phenoxy) is 1. The molecule has 0 aromatic heterocycles. The molecule has 4 heteroatoms. The molecule has 4 nitrogen and oxygen atoms in total. The van der Waals surface area contributed by atoms with Crippen LogP contribution < -0.4 is 5.73 Å². The van der Waals surface area contributed by atoms with Gasteiger partial charge in [-0.05, 0) is 32.6 Å². The van der Waals surface area contributed by atoms with Crippen LogP contribution in [0.4, 0.5) is 0 Å². The Morgan fingerprint density at radius 1 is 1.38 bits per heavy atom. The van der Waals surface area contributed by atoms with Gasteiger partial charge >= 0.3 is 0 Å². The molecule has 1 amide bonds. The van der Waals surface area contributed by atoms with Crippen LogP contribution in [0, 0.1) is 0 Å². The number of piperidine rings is 1. The van der Waals surface area contributed by atoms with E-state index in [1.54, 1.807) is 0 Å². The smallest absolute Gasteiger partial charge is 0.248 e. The quantitative estimate of drug-likeness (QED) is 0.768. The van der Waals surface area contributed by atoms with E-state index in [0.29, 0.717) is 6.61 Å². The molecule has 1 aliphatic heterocycles. The molecule has 1 rings (SSSR count). The van der Waals surface area contributed by atoms with Crippen LogP contribution in [-0.4, -0.2) is 42.6 Å². The average molecular weight is 228 g/mol. The molecule has 0 aromatic rings. The summed E-state index contributed by atoms with van der Waals surface area (Å²) in [5.41, 5.74) is 5.61. The number of carbonyl (C=O) groups excluding carboxylic acids is 1. The van der Waals surface area contributed by atoms with Gasteiger partial charge < -0.3 is 15.4 Å². The van der Waals surface area contributed by atoms with Gasteiger partial charge in [0.15, 0.2) is 0 Å². The van der Waals surface area contributed by atoms with Crippen molar-refractivity contribution in [3.05, 3.63) is 0 Å². The lowest BCUT2D eigenvalue weighted by Crippen LogP contribution is -2.43. The van der Waals surface area contributed by atoms with E-state index in [4.69, 9.17) is 10.5 Å². The maximum atomic E-state index is 11.7. The standard InChI is InChI=1S/C12H24N2O2/c1-3-12(2,13)10-16-9-11(15)14-7-5-4-6-8-14/h3-10,13H2,1-2H3. The first kappa shape index (κ1) is 13.5. The van der Waals surface area contributed by atoms with Crippen LogP contribution in [0.2, 0.25) is 0 Å². The van der Waals surface area contributed by atoms with E-state index in [2.05, 4.69) is 0 Å². The second-order valence-corrected chi connectivity index (χ2v) is 4.94. The second-order valence-electron chi connectivity index (χ2n) is 4.94. The van der Waals surface area contributed by atoms with Crippen molar-refractivity contribution in [1.29, 1.82) is 0 Å². The molecule has 0 saturated carbocycles. The van der Waals surface area contributed by atoms with E-state index in [9.17, 15) is 4.79 Å². The van der Waals surface area contributed by atoms with Crippen LogP contribution in [0.25, 0.3) is 0 Å². The molecule has 1 heterocycles. The Labute approximate surface area is 98.1 Å². The van der Waals surface area contributed by atoms with Crippen LogP contribution in [0.1, 0.15) is 39.5 Å². The number of likely N-dealkylation sites (tertiary alicyclic amines) is 1. The number of nitrogens with zero attached hydrogens (tertiary/aromatic N) is 1. The molecule has 1 saturated heterocycles. The van der Waals surface area contributed by atoms with Crippen molar-refractivity contribution in [2.75, 3.05) is 26.3 Å². The molecule has 0 spiro atoms. The molecule has 0 aromatic carbocycles. The van der Waals surface area contributed by atoms with Crippen molar-refractivity contribution in [3.8, 4) is 0 Å². The Bertz CT molecular complexity index is 223. The third-order valence-electron chi connectivity index (χ3n) is 3.17. The highest BCUT2D eigenvalue weighted by Crippen LogP contribution is 2.09. The minimum absolute atomic E-state index is 0.103. The van der Waals surface area contributed by atoms with Gasteiger partial charge in [-0.15, -0.1) is 0 Å². The van der Waals surface area contributed by atoms with Crippen LogP contribution in [-0.2, 0) is 9.53 Å². The SMILES string of the molecule is CCC(C)(N)COCC(=O)N1CCCCC1. The summed E-state index contributed by atoms with van der Waals surface area (Å²) in [6.07, 6.45) is 4.33. The monoisotopic (exact) mass is 228 g/mol. The van der Waals surface area contributed by atoms with Crippen molar-refractivity contribution in [1.82, 2.24) is 4.90 Å². The Balaban J connectivity index is 2.19. The van der Waals surface area contributed by atoms with Gasteiger partial charge in [0.25, 0.3) is 0 Å². The van der Waals surface area contributed by atoms with Gasteiger partial charge in [-0.25, -0.2) is 0 Å². The Morgan fingerprint density at radius 2 is 2.00 bits per heavy atom. The van der Waals surface area contributed by atoms with Gasteiger partial charge in [-0.2, -0.15) is 0 Å². The zero-order chi connectivity index (χ0) is 12.0. The molecular formula is C12H24N2O2. The van der Waals surface area contributed by atoms with Gasteiger partial charge in [0, 0.05) is 18.6 Å². The molecule has 0 radical (unpaired) electrons. The predicted molar refractivity (Wildman–Crippen MR) is 64.1 cm³/mol. The first-order chi connectivity index (χ1) is 7.55. The zero-order valence-electron chi connectivity index (χ0n) is 10.5. The largest absolute Gasteiger partial charge is 0.370 e. The topological polar surface area (TPSA) is 55.6 Å². The maximum absolute atomic E-state index is 11.7. The van der Waals surface area contributed by atoms with Crippen LogP contribution in [0.3, 0.4) is 0 Å². The minimum atomic E-state index is -0.317. The lowest BCUT2D eigenvalue weighted by molar-refractivity contribution is -0.137. The molecule has 1 atom stereocenters. The maximum Gasteiger partial charge on any atom is 0.248 e. The Morgan fingerprint density at radius 3 is 2.56 bits per heavy atom. The van der Waals surface area contributed by atoms with E-state index in [1.807, 2.05) is 18.7 Å². The summed E-state index contributed by atoms with van der Waals surface area (Å²) in [6.45, 7) is 6.36. The highest BCUT2D eigenvalue weighted by molar-refractivity contribution is 5.77. The summed E-state index contributed by atoms with van der Waals surface area (Å²) in [5, 5.41) is 0. The summed E-state index contributed by atoms with van der Waals surface area (Å²) in [4.78, 5) is 13.6. The fourth-order valence-electron chi connectivity index (χ4n) is 1.71. The average Bonchev–Trinajstić information content (AvgIpc) is 2.30. The van der Waals surface area contributed by atoms with E-state index in [-0.39, 0.29) is 18.1 Å². The van der Waals surface area contributed by atoms with E-state index in [1.165, 1.54) is 6.42 Å². The fourth-order valence-corrected chi connectivity index (χ4v) is 1.71. The van der Waals surface area contributed by atoms with Gasteiger partial charge in [-0.1, -0.05) is 6.92 Å². The molecule has 1 fully saturated rings. The lowest BCUT2D eigenvalue weighted by Gasteiger charge is -2.27. The summed E-state index contributed by atoms with van der Waals surface area (Å²) >= 11 is 0. The number of nitrogens with two attached hydrogens (primary N) is 1. The van der Waals surface area contributed by atoms with Crippen molar-refractivity contribution < 1.29 is 9.53 Å². The molecular weight excluding hydrogens is 204 g/mol. The first-order valence-electron chi connectivity index (χ1n) is 6.19. The van der Waals surface area contributed by atoms with Gasteiger partial charge in [0.1, 0.15) is 6.61 Å². The number of amides is 1. The molecule has 1 aliphatic rings. The van der Waals surface area contributed by atoms with Gasteiger partial charge in [-0.3, -0.25) is 4.79 Å².